The molecule has 2 aromatic carbocycles. The summed E-state index contributed by atoms with van der Waals surface area (Å²) in [6, 6.07) is 12.2. The standard InChI is InChI=1S/C29H31N9O6/c30-22-11-37(13-32-22)29-35-27(31-10-19(15-1-5-17(40)6-2-15)16-3-7-18(41)8-4-16)24-28(36-29)38(14-33-24)21-9-20(25(43)26(21)44)34-23(42)12-39/h1-8,11,13-14,19-21,25-26,39-41,43-44H,9-10,12,30H2,(H,34,42)(H,31,35,36)/t20-,21+,25+,26-/m0/s1. The first-order chi connectivity index (χ1) is 21.2. The van der Waals surface area contributed by atoms with Crippen molar-refractivity contribution in [2.24, 2.45) is 0 Å². The van der Waals surface area contributed by atoms with E-state index in [4.69, 9.17) is 15.8 Å². The average Bonchev–Trinajstić information content (AvgIpc) is 3.72. The molecule has 3 heterocycles. The van der Waals surface area contributed by atoms with E-state index in [2.05, 4.69) is 25.6 Å². The molecule has 3 aromatic heterocycles. The lowest BCUT2D eigenvalue weighted by Gasteiger charge is -2.20. The quantitative estimate of drug-likeness (QED) is 0.115. The van der Waals surface area contributed by atoms with Crippen LogP contribution >= 0.6 is 0 Å². The molecular formula is C29H31N9O6. The first kappa shape index (κ1) is 28.9. The van der Waals surface area contributed by atoms with Crippen LogP contribution in [0.4, 0.5) is 11.6 Å². The van der Waals surface area contributed by atoms with Crippen molar-refractivity contribution in [3.8, 4) is 17.4 Å². The van der Waals surface area contributed by atoms with Crippen molar-refractivity contribution in [2.75, 3.05) is 24.2 Å². The lowest BCUT2D eigenvalue weighted by molar-refractivity contribution is -0.125. The molecule has 0 unspecified atom stereocenters. The van der Waals surface area contributed by atoms with E-state index in [1.807, 2.05) is 24.3 Å². The fraction of sp³-hybridized carbons (Fsp3) is 0.276. The molecule has 9 N–H and O–H groups in total. The maximum absolute atomic E-state index is 11.8. The number of carbonyl (C=O) groups excluding carboxylic acids is 1. The molecule has 5 aromatic rings. The molecule has 44 heavy (non-hydrogen) atoms. The number of carbonyl (C=O) groups is 1. The van der Waals surface area contributed by atoms with Gasteiger partial charge in [0.15, 0.2) is 17.0 Å². The van der Waals surface area contributed by atoms with Gasteiger partial charge < -0.3 is 46.5 Å². The molecule has 15 heteroatoms. The fourth-order valence-electron chi connectivity index (χ4n) is 5.55. The monoisotopic (exact) mass is 601 g/mol. The van der Waals surface area contributed by atoms with Crippen LogP contribution in [0.25, 0.3) is 17.1 Å². The summed E-state index contributed by atoms with van der Waals surface area (Å²) in [5, 5.41) is 56.3. The summed E-state index contributed by atoms with van der Waals surface area (Å²) >= 11 is 0. The Morgan fingerprint density at radius 3 is 2.20 bits per heavy atom. The van der Waals surface area contributed by atoms with Gasteiger partial charge in [-0.05, 0) is 41.8 Å². The number of amides is 1. The van der Waals surface area contributed by atoms with E-state index in [0.717, 1.165) is 11.1 Å². The van der Waals surface area contributed by atoms with Crippen LogP contribution in [0.5, 0.6) is 11.5 Å². The van der Waals surface area contributed by atoms with Crippen LogP contribution in [0.3, 0.4) is 0 Å². The van der Waals surface area contributed by atoms with Crippen molar-refractivity contribution in [1.29, 1.82) is 0 Å². The molecule has 1 fully saturated rings. The van der Waals surface area contributed by atoms with E-state index in [1.54, 1.807) is 39.6 Å². The third kappa shape index (κ3) is 5.58. The van der Waals surface area contributed by atoms with E-state index in [-0.39, 0.29) is 35.6 Å². The molecule has 1 amide bonds. The van der Waals surface area contributed by atoms with Crippen LogP contribution in [-0.4, -0.2) is 91.9 Å². The summed E-state index contributed by atoms with van der Waals surface area (Å²) < 4.78 is 3.17. The Bertz CT molecular complexity index is 1730. The highest BCUT2D eigenvalue weighted by Crippen LogP contribution is 2.35. The van der Waals surface area contributed by atoms with Crippen LogP contribution in [0.2, 0.25) is 0 Å². The minimum atomic E-state index is -1.28. The largest absolute Gasteiger partial charge is 0.508 e. The number of imidazole rings is 2. The maximum atomic E-state index is 11.8. The second-order valence-corrected chi connectivity index (χ2v) is 10.6. The van der Waals surface area contributed by atoms with Crippen molar-refractivity contribution in [1.82, 2.24) is 34.4 Å². The van der Waals surface area contributed by atoms with Crippen molar-refractivity contribution < 1.29 is 30.3 Å². The van der Waals surface area contributed by atoms with Gasteiger partial charge in [-0.15, -0.1) is 0 Å². The number of phenols is 2. The van der Waals surface area contributed by atoms with Crippen LogP contribution in [0.15, 0.2) is 67.4 Å². The van der Waals surface area contributed by atoms with Crippen LogP contribution in [-0.2, 0) is 4.79 Å². The second kappa shape index (κ2) is 11.8. The van der Waals surface area contributed by atoms with E-state index >= 15 is 0 Å². The molecule has 0 bridgehead atoms. The van der Waals surface area contributed by atoms with E-state index < -0.39 is 36.8 Å². The van der Waals surface area contributed by atoms with Gasteiger partial charge in [-0.2, -0.15) is 9.97 Å². The molecule has 6 rings (SSSR count). The van der Waals surface area contributed by atoms with E-state index in [0.29, 0.717) is 23.5 Å². The second-order valence-electron chi connectivity index (χ2n) is 10.6. The Hall–Kier alpha value is -5.25. The Morgan fingerprint density at radius 1 is 0.955 bits per heavy atom. The summed E-state index contributed by atoms with van der Waals surface area (Å²) in [6.07, 6.45) is 2.12. The summed E-state index contributed by atoms with van der Waals surface area (Å²) in [4.78, 5) is 29.8. The SMILES string of the molecule is Nc1cn(-c2nc(NCC(c3ccc(O)cc3)c3ccc(O)cc3)c3ncn([C@@H]4C[C@H](NC(=O)CO)[C@@H](O)[C@H]4O)c3n2)cn1. The van der Waals surface area contributed by atoms with Crippen LogP contribution in [0, 0.1) is 0 Å². The van der Waals surface area contributed by atoms with Gasteiger partial charge in [-0.3, -0.25) is 9.36 Å². The zero-order chi connectivity index (χ0) is 31.0. The van der Waals surface area contributed by atoms with Gasteiger partial charge in [0.25, 0.3) is 0 Å². The topological polar surface area (TPSA) is 230 Å². The summed E-state index contributed by atoms with van der Waals surface area (Å²) in [6.45, 7) is -0.410. The van der Waals surface area contributed by atoms with Gasteiger partial charge in [0, 0.05) is 12.5 Å². The molecule has 4 atom stereocenters. The lowest BCUT2D eigenvalue weighted by Crippen LogP contribution is -2.44. The predicted molar refractivity (Wildman–Crippen MR) is 158 cm³/mol. The zero-order valence-electron chi connectivity index (χ0n) is 23.3. The minimum Gasteiger partial charge on any atom is -0.508 e. The molecule has 1 aliphatic rings. The normalized spacial score (nSPS) is 19.9. The number of fused-ring (bicyclic) bond motifs is 1. The first-order valence-electron chi connectivity index (χ1n) is 13.8. The van der Waals surface area contributed by atoms with E-state index in [9.17, 15) is 25.2 Å². The Morgan fingerprint density at radius 2 is 1.61 bits per heavy atom. The smallest absolute Gasteiger partial charge is 0.246 e. The number of nitrogen functional groups attached to an aromatic ring is 1. The Labute approximate surface area is 250 Å². The first-order valence-corrected chi connectivity index (χ1v) is 13.8. The highest BCUT2D eigenvalue weighted by atomic mass is 16.3. The van der Waals surface area contributed by atoms with Gasteiger partial charge in [0.05, 0.1) is 24.6 Å². The molecular weight excluding hydrogens is 570 g/mol. The van der Waals surface area contributed by atoms with Crippen molar-refractivity contribution in [3.05, 3.63) is 78.5 Å². The molecule has 0 radical (unpaired) electrons. The number of nitrogens with one attached hydrogen (secondary N) is 2. The molecule has 0 aliphatic heterocycles. The molecule has 0 saturated heterocycles. The number of nitrogens with zero attached hydrogens (tertiary/aromatic N) is 6. The van der Waals surface area contributed by atoms with Crippen molar-refractivity contribution in [2.45, 2.75) is 36.6 Å². The van der Waals surface area contributed by atoms with E-state index in [1.165, 1.54) is 12.7 Å². The van der Waals surface area contributed by atoms with Gasteiger partial charge in [0.2, 0.25) is 11.9 Å². The molecule has 1 saturated carbocycles. The van der Waals surface area contributed by atoms with Gasteiger partial charge >= 0.3 is 0 Å². The number of benzene rings is 2. The highest BCUT2D eigenvalue weighted by Gasteiger charge is 2.43. The third-order valence-corrected chi connectivity index (χ3v) is 7.81. The number of phenolic OH excluding ortho intramolecular Hbond substituents is 2. The summed E-state index contributed by atoms with van der Waals surface area (Å²) in [5.41, 5.74) is 8.40. The Balaban J connectivity index is 1.39. The summed E-state index contributed by atoms with van der Waals surface area (Å²) in [7, 11) is 0. The lowest BCUT2D eigenvalue weighted by atomic mass is 9.91. The van der Waals surface area contributed by atoms with Crippen molar-refractivity contribution in [3.63, 3.8) is 0 Å². The maximum Gasteiger partial charge on any atom is 0.246 e. The van der Waals surface area contributed by atoms with Gasteiger partial charge in [0.1, 0.15) is 42.5 Å². The zero-order valence-corrected chi connectivity index (χ0v) is 23.3. The number of aromatic hydroxyl groups is 2. The molecule has 0 spiro atoms. The molecule has 15 nitrogen and oxygen atoms in total. The average molecular weight is 602 g/mol. The number of hydrogen-bond acceptors (Lipinski definition) is 12. The number of aliphatic hydroxyl groups excluding tert-OH is 3. The number of hydrogen-bond donors (Lipinski definition) is 8. The number of aromatic nitrogens is 6. The van der Waals surface area contributed by atoms with Crippen LogP contribution in [0.1, 0.15) is 29.5 Å². The van der Waals surface area contributed by atoms with Gasteiger partial charge in [-0.25, -0.2) is 9.97 Å². The number of nitrogens with two attached hydrogens (primary N) is 1. The Kier molecular flexibility index (Phi) is 7.73. The number of anilines is 2. The van der Waals surface area contributed by atoms with Crippen LogP contribution < -0.4 is 16.4 Å². The number of rotatable bonds is 9. The van der Waals surface area contributed by atoms with Crippen molar-refractivity contribution >= 4 is 28.7 Å². The third-order valence-electron chi connectivity index (χ3n) is 7.81. The molecule has 228 valence electrons. The summed E-state index contributed by atoms with van der Waals surface area (Å²) in [5.74, 6) is 0.230. The number of aliphatic hydroxyl groups is 3. The fourth-order valence-corrected chi connectivity index (χ4v) is 5.55. The van der Waals surface area contributed by atoms with Gasteiger partial charge in [-0.1, -0.05) is 24.3 Å². The minimum absolute atomic E-state index is 0.135. The molecule has 1 aliphatic carbocycles. The predicted octanol–water partition coefficient (Wildman–Crippen LogP) is 0.393. The highest BCUT2D eigenvalue weighted by molar-refractivity contribution is 5.84.